The summed E-state index contributed by atoms with van der Waals surface area (Å²) in [4.78, 5) is 23.1. The fourth-order valence-electron chi connectivity index (χ4n) is 2.12. The molecule has 0 bridgehead atoms. The Hall–Kier alpha value is -0.810. The van der Waals surface area contributed by atoms with Crippen LogP contribution < -0.4 is 16.4 Å². The number of nitrogens with one attached hydrogen (secondary N) is 2. The lowest BCUT2D eigenvalue weighted by molar-refractivity contribution is -0.127. The molecule has 2 amide bonds. The van der Waals surface area contributed by atoms with E-state index in [0.717, 1.165) is 6.54 Å². The topological polar surface area (TPSA) is 84.2 Å². The number of nitrogens with two attached hydrogens (primary N) is 1. The molecular weight excluding hydrogens is 266 g/mol. The van der Waals surface area contributed by atoms with Crippen molar-refractivity contribution in [3.63, 3.8) is 0 Å². The van der Waals surface area contributed by atoms with Crippen molar-refractivity contribution in [2.75, 3.05) is 13.1 Å². The number of hydrogen-bond acceptors (Lipinski definition) is 3. The molecule has 1 atom stereocenters. The SMILES string of the molecule is CC(C)[C@H](N)C(=O)NCC(=O)NCC1CCCC1.Cl. The molecule has 1 rings (SSSR count). The van der Waals surface area contributed by atoms with Crippen molar-refractivity contribution in [2.24, 2.45) is 17.6 Å². The van der Waals surface area contributed by atoms with Gasteiger partial charge in [-0.25, -0.2) is 0 Å². The van der Waals surface area contributed by atoms with E-state index in [1.807, 2.05) is 13.8 Å². The molecule has 0 heterocycles. The highest BCUT2D eigenvalue weighted by Crippen LogP contribution is 2.23. The first-order valence-electron chi connectivity index (χ1n) is 6.80. The summed E-state index contributed by atoms with van der Waals surface area (Å²) < 4.78 is 0. The zero-order valence-corrected chi connectivity index (χ0v) is 12.6. The second kappa shape index (κ2) is 9.15. The molecule has 0 saturated heterocycles. The van der Waals surface area contributed by atoms with Gasteiger partial charge in [-0.2, -0.15) is 0 Å². The third kappa shape index (κ3) is 6.78. The number of amides is 2. The highest BCUT2D eigenvalue weighted by Gasteiger charge is 2.18. The molecule has 6 heteroatoms. The van der Waals surface area contributed by atoms with Crippen molar-refractivity contribution in [1.29, 1.82) is 0 Å². The van der Waals surface area contributed by atoms with Crippen molar-refractivity contribution >= 4 is 24.2 Å². The molecule has 1 saturated carbocycles. The van der Waals surface area contributed by atoms with Crippen LogP contribution >= 0.6 is 12.4 Å². The maximum absolute atomic E-state index is 11.5. The Labute approximate surface area is 121 Å². The van der Waals surface area contributed by atoms with Crippen LogP contribution in [0.25, 0.3) is 0 Å². The Morgan fingerprint density at radius 2 is 1.79 bits per heavy atom. The summed E-state index contributed by atoms with van der Waals surface area (Å²) in [5.74, 6) is 0.293. The van der Waals surface area contributed by atoms with Crippen LogP contribution in [0.5, 0.6) is 0 Å². The number of halogens is 1. The Kier molecular flexibility index (Phi) is 8.76. The zero-order chi connectivity index (χ0) is 13.5. The molecule has 0 radical (unpaired) electrons. The fraction of sp³-hybridized carbons (Fsp3) is 0.846. The molecule has 0 unspecified atom stereocenters. The van der Waals surface area contributed by atoms with Gasteiger partial charge in [0.2, 0.25) is 11.8 Å². The van der Waals surface area contributed by atoms with Gasteiger partial charge in [0, 0.05) is 6.54 Å². The van der Waals surface area contributed by atoms with Crippen molar-refractivity contribution in [1.82, 2.24) is 10.6 Å². The van der Waals surface area contributed by atoms with Gasteiger partial charge < -0.3 is 16.4 Å². The molecule has 0 aromatic rings. The van der Waals surface area contributed by atoms with Crippen LogP contribution in [0.3, 0.4) is 0 Å². The second-order valence-electron chi connectivity index (χ2n) is 5.44. The first-order chi connectivity index (χ1) is 8.50. The van der Waals surface area contributed by atoms with E-state index >= 15 is 0 Å². The van der Waals surface area contributed by atoms with Crippen LogP contribution in [-0.2, 0) is 9.59 Å². The predicted octanol–water partition coefficient (Wildman–Crippen LogP) is 0.814. The second-order valence-corrected chi connectivity index (χ2v) is 5.44. The lowest BCUT2D eigenvalue weighted by atomic mass is 10.1. The molecule has 0 aromatic carbocycles. The maximum atomic E-state index is 11.5. The first kappa shape index (κ1) is 18.2. The lowest BCUT2D eigenvalue weighted by Gasteiger charge is -2.15. The molecule has 0 spiro atoms. The van der Waals surface area contributed by atoms with Crippen LogP contribution in [0.1, 0.15) is 39.5 Å². The van der Waals surface area contributed by atoms with E-state index in [-0.39, 0.29) is 36.7 Å². The number of carbonyl (C=O) groups is 2. The normalized spacial score (nSPS) is 16.8. The summed E-state index contributed by atoms with van der Waals surface area (Å²) in [6.07, 6.45) is 4.93. The van der Waals surface area contributed by atoms with E-state index in [2.05, 4.69) is 10.6 Å². The first-order valence-corrected chi connectivity index (χ1v) is 6.80. The molecule has 0 aromatic heterocycles. The monoisotopic (exact) mass is 291 g/mol. The summed E-state index contributed by atoms with van der Waals surface area (Å²) >= 11 is 0. The average Bonchev–Trinajstić information content (AvgIpc) is 2.85. The van der Waals surface area contributed by atoms with Gasteiger partial charge in [0.05, 0.1) is 12.6 Å². The summed E-state index contributed by atoms with van der Waals surface area (Å²) in [6, 6.07) is -0.548. The van der Waals surface area contributed by atoms with E-state index in [9.17, 15) is 9.59 Å². The van der Waals surface area contributed by atoms with Crippen molar-refractivity contribution in [2.45, 2.75) is 45.6 Å². The summed E-state index contributed by atoms with van der Waals surface area (Å²) in [5.41, 5.74) is 5.68. The van der Waals surface area contributed by atoms with Gasteiger partial charge in [0.25, 0.3) is 0 Å². The molecule has 19 heavy (non-hydrogen) atoms. The van der Waals surface area contributed by atoms with Crippen LogP contribution in [0.15, 0.2) is 0 Å². The van der Waals surface area contributed by atoms with Crippen LogP contribution in [0.2, 0.25) is 0 Å². The maximum Gasteiger partial charge on any atom is 0.239 e. The minimum absolute atomic E-state index is 0. The Bertz CT molecular complexity index is 292. The van der Waals surface area contributed by atoms with Crippen LogP contribution in [-0.4, -0.2) is 30.9 Å². The quantitative estimate of drug-likeness (QED) is 0.677. The summed E-state index contributed by atoms with van der Waals surface area (Å²) in [7, 11) is 0. The predicted molar refractivity (Wildman–Crippen MR) is 78.0 cm³/mol. The smallest absolute Gasteiger partial charge is 0.239 e. The Morgan fingerprint density at radius 3 is 2.32 bits per heavy atom. The average molecular weight is 292 g/mol. The number of carbonyl (C=O) groups excluding carboxylic acids is 2. The lowest BCUT2D eigenvalue weighted by Crippen LogP contribution is -2.47. The van der Waals surface area contributed by atoms with E-state index in [4.69, 9.17) is 5.73 Å². The van der Waals surface area contributed by atoms with Gasteiger partial charge in [0.15, 0.2) is 0 Å². The molecular formula is C13H26ClN3O2. The Balaban J connectivity index is 0.00000324. The molecule has 1 fully saturated rings. The standard InChI is InChI=1S/C13H25N3O2.ClH/c1-9(2)12(14)13(18)16-8-11(17)15-7-10-5-3-4-6-10;/h9-10,12H,3-8,14H2,1-2H3,(H,15,17)(H,16,18);1H/t12-;/m0./s1. The van der Waals surface area contributed by atoms with Gasteiger partial charge in [-0.05, 0) is 24.7 Å². The number of hydrogen-bond donors (Lipinski definition) is 3. The van der Waals surface area contributed by atoms with E-state index in [1.165, 1.54) is 25.7 Å². The minimum Gasteiger partial charge on any atom is -0.354 e. The highest BCUT2D eigenvalue weighted by atomic mass is 35.5. The van der Waals surface area contributed by atoms with Crippen LogP contribution in [0.4, 0.5) is 0 Å². The third-order valence-corrected chi connectivity index (χ3v) is 3.51. The van der Waals surface area contributed by atoms with Gasteiger partial charge >= 0.3 is 0 Å². The Morgan fingerprint density at radius 1 is 1.21 bits per heavy atom. The molecule has 1 aliphatic carbocycles. The van der Waals surface area contributed by atoms with E-state index in [0.29, 0.717) is 5.92 Å². The highest BCUT2D eigenvalue weighted by molar-refractivity contribution is 5.87. The van der Waals surface area contributed by atoms with Crippen molar-refractivity contribution < 1.29 is 9.59 Å². The van der Waals surface area contributed by atoms with Gasteiger partial charge in [-0.1, -0.05) is 26.7 Å². The fourth-order valence-corrected chi connectivity index (χ4v) is 2.12. The third-order valence-electron chi connectivity index (χ3n) is 3.51. The van der Waals surface area contributed by atoms with E-state index in [1.54, 1.807) is 0 Å². The van der Waals surface area contributed by atoms with Gasteiger partial charge in [0.1, 0.15) is 0 Å². The van der Waals surface area contributed by atoms with Gasteiger partial charge in [-0.15, -0.1) is 12.4 Å². The van der Waals surface area contributed by atoms with Crippen molar-refractivity contribution in [3.05, 3.63) is 0 Å². The minimum atomic E-state index is -0.548. The molecule has 112 valence electrons. The zero-order valence-electron chi connectivity index (χ0n) is 11.8. The number of rotatable bonds is 6. The molecule has 1 aliphatic rings. The van der Waals surface area contributed by atoms with Gasteiger partial charge in [-0.3, -0.25) is 9.59 Å². The van der Waals surface area contributed by atoms with Crippen LogP contribution in [0, 0.1) is 11.8 Å². The van der Waals surface area contributed by atoms with E-state index < -0.39 is 6.04 Å². The molecule has 0 aliphatic heterocycles. The molecule has 4 N–H and O–H groups in total. The molecule has 5 nitrogen and oxygen atoms in total. The summed E-state index contributed by atoms with van der Waals surface area (Å²) in [5, 5.41) is 5.42. The van der Waals surface area contributed by atoms with Crippen molar-refractivity contribution in [3.8, 4) is 0 Å². The summed E-state index contributed by atoms with van der Waals surface area (Å²) in [6.45, 7) is 4.51. The largest absolute Gasteiger partial charge is 0.354 e.